The van der Waals surface area contributed by atoms with E-state index in [4.69, 9.17) is 26.7 Å². The molecule has 0 spiro atoms. The van der Waals surface area contributed by atoms with Crippen LogP contribution in [0.3, 0.4) is 0 Å². The maximum Gasteiger partial charge on any atom is 0.254 e. The first-order valence-electron chi connectivity index (χ1n) is 20.8. The third kappa shape index (κ3) is 11.8. The van der Waals surface area contributed by atoms with Gasteiger partial charge >= 0.3 is 0 Å². The van der Waals surface area contributed by atoms with Gasteiger partial charge in [-0.05, 0) is 91.7 Å². The third-order valence-corrected chi connectivity index (χ3v) is 10.9. The third-order valence-electron chi connectivity index (χ3n) is 10.9. The summed E-state index contributed by atoms with van der Waals surface area (Å²) < 4.78 is 12.2. The van der Waals surface area contributed by atoms with Crippen LogP contribution in [0, 0.1) is 24.2 Å². The van der Waals surface area contributed by atoms with Crippen molar-refractivity contribution in [1.82, 2.24) is 15.1 Å². The molecular formula is C46H61N7O7. The number of aryl methyl sites for hydroxylation is 2. The van der Waals surface area contributed by atoms with Gasteiger partial charge < -0.3 is 41.8 Å². The van der Waals surface area contributed by atoms with Gasteiger partial charge in [-0.25, -0.2) is 0 Å². The van der Waals surface area contributed by atoms with Gasteiger partial charge in [-0.2, -0.15) is 5.26 Å². The number of hydrogen-bond donors (Lipinski definition) is 4. The van der Waals surface area contributed by atoms with E-state index in [1.165, 1.54) is 16.8 Å². The number of hydrogen-bond acceptors (Lipinski definition) is 11. The Hall–Kier alpha value is -5.62. The predicted octanol–water partition coefficient (Wildman–Crippen LogP) is 4.18. The fourth-order valence-corrected chi connectivity index (χ4v) is 7.55. The zero-order valence-electron chi connectivity index (χ0n) is 35.6. The Morgan fingerprint density at radius 2 is 1.58 bits per heavy atom. The van der Waals surface area contributed by atoms with E-state index in [2.05, 4.69) is 12.2 Å². The molecule has 0 fully saturated rings. The summed E-state index contributed by atoms with van der Waals surface area (Å²) in [4.78, 5) is 73.4. The number of ether oxygens (including phenoxy) is 2. The van der Waals surface area contributed by atoms with Gasteiger partial charge in [0.05, 0.1) is 12.1 Å². The number of likely N-dealkylation sites (N-methyl/N-ethyl adjacent to an activating group) is 2. The Kier molecular flexibility index (Phi) is 17.8. The minimum Gasteiger partial charge on any atom is -0.492 e. The summed E-state index contributed by atoms with van der Waals surface area (Å²) in [6, 6.07) is 15.0. The zero-order chi connectivity index (χ0) is 43.9. The lowest BCUT2D eigenvalue weighted by Gasteiger charge is -2.35. The van der Waals surface area contributed by atoms with Crippen molar-refractivity contribution in [3.63, 3.8) is 0 Å². The second kappa shape index (κ2) is 22.7. The van der Waals surface area contributed by atoms with Crippen molar-refractivity contribution in [2.24, 2.45) is 23.1 Å². The van der Waals surface area contributed by atoms with E-state index in [1.54, 1.807) is 50.4 Å². The van der Waals surface area contributed by atoms with Gasteiger partial charge in [-0.3, -0.25) is 24.0 Å². The SMILES string of the molecule is CCCCc1ccc(C(=O)N(C)[C@@H](CCN)C(=O)N(C)[C@@H]2C(=O)C[C@@H](C)C(=O)N[C@H](C(=O)CCC#N)Cc3ccc(OCCN)c(c3)-c3cc2ccc3OCCN)c(C)c1. The minimum absolute atomic E-state index is 0.0239. The second-order valence-electron chi connectivity index (χ2n) is 15.4. The van der Waals surface area contributed by atoms with E-state index in [0.717, 1.165) is 30.4 Å². The Labute approximate surface area is 353 Å². The molecule has 0 unspecified atom stereocenters. The number of nitrogens with zero attached hydrogens (tertiary/aromatic N) is 3. The number of nitrogens with two attached hydrogens (primary N) is 3. The molecule has 1 heterocycles. The average Bonchev–Trinajstić information content (AvgIpc) is 3.24. The highest BCUT2D eigenvalue weighted by atomic mass is 16.5. The number of nitrogens with one attached hydrogen (secondary N) is 1. The molecule has 7 N–H and O–H groups in total. The number of Topliss-reactive ketones (excluding diaryl/α,β-unsaturated/α-hetero) is 2. The van der Waals surface area contributed by atoms with Crippen molar-refractivity contribution in [3.05, 3.63) is 82.4 Å². The molecule has 0 saturated heterocycles. The van der Waals surface area contributed by atoms with Crippen LogP contribution in [0.15, 0.2) is 54.6 Å². The minimum atomic E-state index is -1.23. The Balaban J connectivity index is 1.87. The van der Waals surface area contributed by atoms with Gasteiger partial charge in [0.2, 0.25) is 11.8 Å². The Morgan fingerprint density at radius 1 is 0.917 bits per heavy atom. The van der Waals surface area contributed by atoms with Crippen LogP contribution in [0.4, 0.5) is 0 Å². The monoisotopic (exact) mass is 823 g/mol. The molecule has 3 aromatic rings. The number of rotatable bonds is 18. The molecule has 0 aliphatic carbocycles. The number of carbonyl (C=O) groups is 5. The molecule has 4 bridgehead atoms. The number of unbranched alkanes of at least 4 members (excludes halogenated alkanes) is 1. The molecule has 1 aliphatic rings. The van der Waals surface area contributed by atoms with Crippen LogP contribution in [0.5, 0.6) is 11.5 Å². The highest BCUT2D eigenvalue weighted by Gasteiger charge is 2.38. The molecule has 14 heteroatoms. The van der Waals surface area contributed by atoms with Crippen LogP contribution in [0.1, 0.15) is 91.0 Å². The van der Waals surface area contributed by atoms with E-state index >= 15 is 0 Å². The van der Waals surface area contributed by atoms with Crippen LogP contribution < -0.4 is 32.0 Å². The van der Waals surface area contributed by atoms with Crippen molar-refractivity contribution < 1.29 is 33.4 Å². The maximum absolute atomic E-state index is 14.8. The second-order valence-corrected chi connectivity index (χ2v) is 15.4. The van der Waals surface area contributed by atoms with Crippen molar-refractivity contribution >= 4 is 29.3 Å². The first-order chi connectivity index (χ1) is 28.8. The molecule has 4 atom stereocenters. The first-order valence-corrected chi connectivity index (χ1v) is 20.8. The van der Waals surface area contributed by atoms with E-state index in [9.17, 15) is 29.2 Å². The smallest absolute Gasteiger partial charge is 0.254 e. The molecular weight excluding hydrogens is 763 g/mol. The van der Waals surface area contributed by atoms with E-state index in [1.807, 2.05) is 31.2 Å². The molecule has 322 valence electrons. The van der Waals surface area contributed by atoms with Crippen molar-refractivity contribution in [2.75, 3.05) is 46.9 Å². The van der Waals surface area contributed by atoms with Gasteiger partial charge in [-0.15, -0.1) is 0 Å². The summed E-state index contributed by atoms with van der Waals surface area (Å²) in [7, 11) is 3.07. The lowest BCUT2D eigenvalue weighted by atomic mass is 9.89. The van der Waals surface area contributed by atoms with Gasteiger partial charge in [0.25, 0.3) is 5.91 Å². The quantitative estimate of drug-likeness (QED) is 0.142. The number of carbonyl (C=O) groups excluding carboxylic acids is 5. The van der Waals surface area contributed by atoms with Crippen molar-refractivity contribution in [2.45, 2.75) is 90.3 Å². The largest absolute Gasteiger partial charge is 0.492 e. The number of amides is 3. The standard InChI is InChI=1S/C46H61N7O7/c1-6-7-9-31-11-14-34(29(2)24-31)45(57)52(4)38(17-19-48)46(58)53(5)43-33-13-16-42(60-23-21-50)36(28-33)35-26-32(12-15-41(35)59-22-20-49)27-37(39(54)10-8-18-47)51-44(56)30(3)25-40(43)55/h11-16,24,26,28,30,37-38,43H,6-10,17,19-23,25,27,48-50H2,1-5H3,(H,51,56)/t30-,37+,38+,43+/m1/s1. The number of benzene rings is 3. The van der Waals surface area contributed by atoms with Crippen LogP contribution >= 0.6 is 0 Å². The molecule has 60 heavy (non-hydrogen) atoms. The summed E-state index contributed by atoms with van der Waals surface area (Å²) >= 11 is 0. The van der Waals surface area contributed by atoms with E-state index < -0.39 is 41.6 Å². The van der Waals surface area contributed by atoms with Gasteiger partial charge in [0, 0.05) is 69.1 Å². The van der Waals surface area contributed by atoms with E-state index in [0.29, 0.717) is 39.3 Å². The molecule has 14 nitrogen and oxygen atoms in total. The fraction of sp³-hybridized carbons (Fsp3) is 0.478. The maximum atomic E-state index is 14.8. The number of fused-ring (bicyclic) bond motifs is 5. The van der Waals surface area contributed by atoms with Crippen molar-refractivity contribution in [3.8, 4) is 28.7 Å². The molecule has 3 amide bonds. The molecule has 3 aromatic carbocycles. The number of ketones is 2. The van der Waals surface area contributed by atoms with Crippen LogP contribution in [0.25, 0.3) is 11.1 Å². The average molecular weight is 824 g/mol. The van der Waals surface area contributed by atoms with Crippen LogP contribution in [-0.2, 0) is 32.0 Å². The van der Waals surface area contributed by atoms with Crippen molar-refractivity contribution in [1.29, 1.82) is 5.26 Å². The van der Waals surface area contributed by atoms with Gasteiger partial charge in [0.1, 0.15) is 36.8 Å². The molecule has 0 radical (unpaired) electrons. The van der Waals surface area contributed by atoms with Crippen LogP contribution in [-0.4, -0.2) is 98.1 Å². The predicted molar refractivity (Wildman–Crippen MR) is 230 cm³/mol. The molecule has 0 saturated carbocycles. The number of nitriles is 1. The normalized spacial score (nSPS) is 17.1. The van der Waals surface area contributed by atoms with Crippen LogP contribution in [0.2, 0.25) is 0 Å². The zero-order valence-corrected chi connectivity index (χ0v) is 35.6. The molecule has 4 rings (SSSR count). The Morgan fingerprint density at radius 3 is 2.20 bits per heavy atom. The van der Waals surface area contributed by atoms with E-state index in [-0.39, 0.29) is 76.6 Å². The van der Waals surface area contributed by atoms with Gasteiger partial charge in [0.15, 0.2) is 11.6 Å². The first kappa shape index (κ1) is 47.1. The summed E-state index contributed by atoms with van der Waals surface area (Å²) in [6.45, 7) is 6.48. The van der Waals surface area contributed by atoms with Gasteiger partial charge in [-0.1, -0.05) is 44.5 Å². The highest BCUT2D eigenvalue weighted by molar-refractivity contribution is 6.00. The lowest BCUT2D eigenvalue weighted by molar-refractivity contribution is -0.142. The summed E-state index contributed by atoms with van der Waals surface area (Å²) in [5.41, 5.74) is 22.3. The fourth-order valence-electron chi connectivity index (χ4n) is 7.55. The molecule has 0 aromatic heterocycles. The topological polar surface area (TPSA) is 224 Å². The summed E-state index contributed by atoms with van der Waals surface area (Å²) in [5, 5.41) is 12.1. The highest BCUT2D eigenvalue weighted by Crippen LogP contribution is 2.41. The Bertz CT molecular complexity index is 2050. The summed E-state index contributed by atoms with van der Waals surface area (Å²) in [6.07, 6.45) is 2.81. The summed E-state index contributed by atoms with van der Waals surface area (Å²) in [5.74, 6) is -2.22. The molecule has 1 aliphatic heterocycles. The lowest BCUT2D eigenvalue weighted by Crippen LogP contribution is -2.51.